The molecule has 0 spiro atoms. The second-order valence-corrected chi connectivity index (χ2v) is 11.6. The fourth-order valence-corrected chi connectivity index (χ4v) is 7.07. The number of benzene rings is 2. The second-order valence-electron chi connectivity index (χ2n) is 11.6. The van der Waals surface area contributed by atoms with E-state index in [4.69, 9.17) is 9.47 Å². The Kier molecular flexibility index (Phi) is 10.2. The minimum Gasteiger partial charge on any atom is -0.427 e. The maximum atomic E-state index is 13.4. The van der Waals surface area contributed by atoms with E-state index in [0.29, 0.717) is 12.2 Å². The highest BCUT2D eigenvalue weighted by Crippen LogP contribution is 2.54. The van der Waals surface area contributed by atoms with E-state index in [1.54, 1.807) is 0 Å². The van der Waals surface area contributed by atoms with E-state index < -0.39 is 5.60 Å². The SMILES string of the molecule is C=CCN1CC[C@@]2(c3cccc(OC(C)=O)c3)C[C@H](N(C)C(=O)CCCCCc3ccccc3)CC[C@]2(OC)C1. The van der Waals surface area contributed by atoms with Gasteiger partial charge in [-0.15, -0.1) is 6.58 Å². The number of carbonyl (C=O) groups excluding carboxylic acids is 2. The van der Waals surface area contributed by atoms with Gasteiger partial charge in [0.25, 0.3) is 0 Å². The summed E-state index contributed by atoms with van der Waals surface area (Å²) in [6.07, 6.45) is 10.1. The lowest BCUT2D eigenvalue weighted by atomic mass is 9.55. The van der Waals surface area contributed by atoms with Crippen molar-refractivity contribution in [3.05, 3.63) is 78.4 Å². The average molecular weight is 547 g/mol. The Balaban J connectivity index is 1.48. The van der Waals surface area contributed by atoms with Crippen LogP contribution < -0.4 is 4.74 Å². The maximum absolute atomic E-state index is 13.4. The number of nitrogens with zero attached hydrogens (tertiary/aromatic N) is 2. The van der Waals surface area contributed by atoms with E-state index in [9.17, 15) is 9.59 Å². The van der Waals surface area contributed by atoms with E-state index in [0.717, 1.165) is 76.6 Å². The van der Waals surface area contributed by atoms with Crippen LogP contribution in [0.15, 0.2) is 67.3 Å². The van der Waals surface area contributed by atoms with Crippen molar-refractivity contribution in [1.82, 2.24) is 9.80 Å². The maximum Gasteiger partial charge on any atom is 0.308 e. The Morgan fingerprint density at radius 1 is 1.10 bits per heavy atom. The fourth-order valence-electron chi connectivity index (χ4n) is 7.07. The topological polar surface area (TPSA) is 59.1 Å². The Labute approximate surface area is 240 Å². The van der Waals surface area contributed by atoms with Crippen molar-refractivity contribution in [3.8, 4) is 5.75 Å². The van der Waals surface area contributed by atoms with E-state index >= 15 is 0 Å². The summed E-state index contributed by atoms with van der Waals surface area (Å²) >= 11 is 0. The van der Waals surface area contributed by atoms with Gasteiger partial charge >= 0.3 is 5.97 Å². The van der Waals surface area contributed by atoms with Gasteiger partial charge in [-0.05, 0) is 74.8 Å². The molecule has 2 aliphatic rings. The third-order valence-electron chi connectivity index (χ3n) is 9.24. The molecule has 3 atom stereocenters. The summed E-state index contributed by atoms with van der Waals surface area (Å²) in [6.45, 7) is 7.92. The van der Waals surface area contributed by atoms with Crippen LogP contribution in [0.4, 0.5) is 0 Å². The van der Waals surface area contributed by atoms with Crippen molar-refractivity contribution >= 4 is 11.9 Å². The van der Waals surface area contributed by atoms with Gasteiger partial charge in [-0.3, -0.25) is 14.5 Å². The third-order valence-corrected chi connectivity index (χ3v) is 9.24. The number of ether oxygens (including phenoxy) is 2. The van der Waals surface area contributed by atoms with Gasteiger partial charge in [0, 0.05) is 52.0 Å². The molecular formula is C34H46N2O4. The van der Waals surface area contributed by atoms with Crippen LogP contribution in [0.1, 0.15) is 69.4 Å². The average Bonchev–Trinajstić information content (AvgIpc) is 2.96. The predicted octanol–water partition coefficient (Wildman–Crippen LogP) is 5.94. The van der Waals surface area contributed by atoms with Crippen molar-refractivity contribution in [2.75, 3.05) is 33.8 Å². The smallest absolute Gasteiger partial charge is 0.308 e. The molecule has 40 heavy (non-hydrogen) atoms. The van der Waals surface area contributed by atoms with Gasteiger partial charge in [-0.2, -0.15) is 0 Å². The molecule has 216 valence electrons. The minimum absolute atomic E-state index is 0.128. The third kappa shape index (κ3) is 6.67. The van der Waals surface area contributed by atoms with Crippen LogP contribution in [-0.2, 0) is 26.2 Å². The van der Waals surface area contributed by atoms with Crippen LogP contribution in [0.3, 0.4) is 0 Å². The Morgan fingerprint density at radius 3 is 2.62 bits per heavy atom. The summed E-state index contributed by atoms with van der Waals surface area (Å²) in [7, 11) is 3.80. The second kappa shape index (κ2) is 13.6. The minimum atomic E-state index is -0.402. The molecule has 2 fully saturated rings. The van der Waals surface area contributed by atoms with Crippen LogP contribution in [0.2, 0.25) is 0 Å². The van der Waals surface area contributed by atoms with Gasteiger partial charge in [-0.1, -0.05) is 55.0 Å². The Bertz CT molecular complexity index is 1150. The molecule has 2 aromatic carbocycles. The molecule has 4 rings (SSSR count). The van der Waals surface area contributed by atoms with Crippen LogP contribution in [0, 0.1) is 0 Å². The van der Waals surface area contributed by atoms with Crippen LogP contribution in [0.5, 0.6) is 5.75 Å². The zero-order chi connectivity index (χ0) is 28.6. The molecule has 1 aliphatic carbocycles. The van der Waals surface area contributed by atoms with Gasteiger partial charge in [0.05, 0.1) is 5.60 Å². The summed E-state index contributed by atoms with van der Waals surface area (Å²) in [5.74, 6) is 0.451. The first kappa shape index (κ1) is 30.0. The molecule has 2 aromatic rings. The lowest BCUT2D eigenvalue weighted by Crippen LogP contribution is -2.68. The molecule has 0 unspecified atom stereocenters. The van der Waals surface area contributed by atoms with E-state index in [-0.39, 0.29) is 23.3 Å². The molecule has 1 heterocycles. The molecule has 6 nitrogen and oxygen atoms in total. The monoisotopic (exact) mass is 546 g/mol. The number of fused-ring (bicyclic) bond motifs is 1. The number of hydrogen-bond donors (Lipinski definition) is 0. The molecule has 0 radical (unpaired) electrons. The molecule has 0 N–H and O–H groups in total. The number of rotatable bonds is 12. The molecule has 0 aromatic heterocycles. The number of hydrogen-bond acceptors (Lipinski definition) is 5. The lowest BCUT2D eigenvalue weighted by molar-refractivity contribution is -0.159. The van der Waals surface area contributed by atoms with E-state index in [2.05, 4.69) is 41.8 Å². The number of unbranched alkanes of at least 4 members (excludes halogenated alkanes) is 2. The first-order valence-electron chi connectivity index (χ1n) is 14.8. The first-order chi connectivity index (χ1) is 19.3. The molecular weight excluding hydrogens is 500 g/mol. The Morgan fingerprint density at radius 2 is 1.90 bits per heavy atom. The number of esters is 1. The normalized spacial score (nSPS) is 24.6. The van der Waals surface area contributed by atoms with Gasteiger partial charge in [0.1, 0.15) is 5.75 Å². The predicted molar refractivity (Wildman–Crippen MR) is 159 cm³/mol. The van der Waals surface area contributed by atoms with E-state index in [1.807, 2.05) is 49.4 Å². The zero-order valence-corrected chi connectivity index (χ0v) is 24.6. The van der Waals surface area contributed by atoms with Gasteiger partial charge < -0.3 is 14.4 Å². The summed E-state index contributed by atoms with van der Waals surface area (Å²) in [6, 6.07) is 18.6. The molecule has 1 saturated carbocycles. The van der Waals surface area contributed by atoms with Gasteiger partial charge in [-0.25, -0.2) is 0 Å². The number of amides is 1. The van der Waals surface area contributed by atoms with Crippen LogP contribution in [0.25, 0.3) is 0 Å². The molecule has 1 amide bonds. The summed E-state index contributed by atoms with van der Waals surface area (Å²) in [5.41, 5.74) is 1.78. The fraction of sp³-hybridized carbons (Fsp3) is 0.529. The van der Waals surface area contributed by atoms with Gasteiger partial charge in [0.2, 0.25) is 5.91 Å². The molecule has 6 heteroatoms. The van der Waals surface area contributed by atoms with Crippen molar-refractivity contribution in [2.24, 2.45) is 0 Å². The number of carbonyl (C=O) groups is 2. The standard InChI is InChI=1S/C34H46N2O4/c1-5-22-36-23-21-33(29-16-12-17-31(24-29)40-27(2)37)25-30(19-20-34(33,26-36)39-4)35(3)32(38)18-11-7-10-15-28-13-8-6-9-14-28/h5-6,8-9,12-14,16-17,24,30H,1,7,10-11,15,18-23,25-26H2,2-4H3/t30-,33+,34+/m1/s1. The summed E-state index contributed by atoms with van der Waals surface area (Å²) in [5, 5.41) is 0. The van der Waals surface area contributed by atoms with Crippen molar-refractivity contribution in [1.29, 1.82) is 0 Å². The van der Waals surface area contributed by atoms with Crippen LogP contribution >= 0.6 is 0 Å². The largest absolute Gasteiger partial charge is 0.427 e. The van der Waals surface area contributed by atoms with Crippen molar-refractivity contribution in [2.45, 2.75) is 81.8 Å². The van der Waals surface area contributed by atoms with E-state index in [1.165, 1.54) is 12.5 Å². The molecule has 0 bridgehead atoms. The number of methoxy groups -OCH3 is 1. The number of piperidine rings is 1. The number of aryl methyl sites for hydroxylation is 1. The first-order valence-corrected chi connectivity index (χ1v) is 14.8. The zero-order valence-electron chi connectivity index (χ0n) is 24.6. The Hall–Kier alpha value is -2.96. The quantitative estimate of drug-likeness (QED) is 0.143. The summed E-state index contributed by atoms with van der Waals surface area (Å²) in [4.78, 5) is 29.5. The molecule has 1 aliphatic heterocycles. The van der Waals surface area contributed by atoms with Crippen LogP contribution in [-0.4, -0.2) is 67.1 Å². The van der Waals surface area contributed by atoms with Crippen molar-refractivity contribution < 1.29 is 19.1 Å². The summed E-state index contributed by atoms with van der Waals surface area (Å²) < 4.78 is 12.0. The van der Waals surface area contributed by atoms with Gasteiger partial charge in [0.15, 0.2) is 0 Å². The number of likely N-dealkylation sites (tertiary alicyclic amines) is 1. The lowest BCUT2D eigenvalue weighted by Gasteiger charge is -2.60. The molecule has 1 saturated heterocycles. The van der Waals surface area contributed by atoms with Crippen molar-refractivity contribution in [3.63, 3.8) is 0 Å². The highest BCUT2D eigenvalue weighted by atomic mass is 16.5. The highest BCUT2D eigenvalue weighted by molar-refractivity contribution is 5.76. The highest BCUT2D eigenvalue weighted by Gasteiger charge is 2.59.